The zero-order chi connectivity index (χ0) is 17.3. The molecule has 6 nitrogen and oxygen atoms in total. The Hall–Kier alpha value is -2.47. The van der Waals surface area contributed by atoms with Crippen molar-refractivity contribution in [3.63, 3.8) is 0 Å². The summed E-state index contributed by atoms with van der Waals surface area (Å²) in [6.07, 6.45) is 4.47. The number of hydrogen-bond acceptors (Lipinski definition) is 4. The van der Waals surface area contributed by atoms with Crippen LogP contribution in [0.15, 0.2) is 41.2 Å². The van der Waals surface area contributed by atoms with E-state index in [1.807, 2.05) is 26.0 Å². The predicted molar refractivity (Wildman–Crippen MR) is 92.0 cm³/mol. The third-order valence-corrected chi connectivity index (χ3v) is 4.26. The van der Waals surface area contributed by atoms with E-state index in [1.54, 1.807) is 24.3 Å². The lowest BCUT2D eigenvalue weighted by atomic mass is 10.1. The number of aromatic nitrogens is 2. The quantitative estimate of drug-likeness (QED) is 0.836. The maximum absolute atomic E-state index is 12.7. The molecule has 2 atom stereocenters. The van der Waals surface area contributed by atoms with Crippen molar-refractivity contribution in [1.82, 2.24) is 15.1 Å². The summed E-state index contributed by atoms with van der Waals surface area (Å²) < 4.78 is 1.35. The fourth-order valence-electron chi connectivity index (χ4n) is 2.98. The van der Waals surface area contributed by atoms with Crippen molar-refractivity contribution in [1.29, 1.82) is 0 Å². The number of aliphatic hydroxyl groups is 1. The van der Waals surface area contributed by atoms with Crippen LogP contribution in [0.2, 0.25) is 0 Å². The first-order chi connectivity index (χ1) is 11.5. The fraction of sp³-hybridized carbons (Fsp3) is 0.389. The van der Waals surface area contributed by atoms with E-state index in [4.69, 9.17) is 0 Å². The summed E-state index contributed by atoms with van der Waals surface area (Å²) >= 11 is 0. The van der Waals surface area contributed by atoms with Crippen LogP contribution >= 0.6 is 0 Å². The minimum Gasteiger partial charge on any atom is -0.396 e. The van der Waals surface area contributed by atoms with Crippen LogP contribution in [0.25, 0.3) is 10.8 Å². The summed E-state index contributed by atoms with van der Waals surface area (Å²) in [5.74, 6) is -0.238. The molecule has 2 aromatic rings. The van der Waals surface area contributed by atoms with Gasteiger partial charge in [-0.15, -0.1) is 0 Å². The van der Waals surface area contributed by atoms with Crippen LogP contribution in [0.5, 0.6) is 0 Å². The molecule has 24 heavy (non-hydrogen) atoms. The molecule has 1 aromatic heterocycles. The van der Waals surface area contributed by atoms with Crippen molar-refractivity contribution in [3.05, 3.63) is 52.5 Å². The number of nitrogens with zero attached hydrogens (tertiary/aromatic N) is 2. The Labute approximate surface area is 139 Å². The molecule has 0 spiro atoms. The van der Waals surface area contributed by atoms with Gasteiger partial charge in [-0.25, -0.2) is 4.68 Å². The van der Waals surface area contributed by atoms with Gasteiger partial charge >= 0.3 is 0 Å². The number of carbonyl (C=O) groups is 1. The fourth-order valence-corrected chi connectivity index (χ4v) is 2.98. The number of benzene rings is 1. The highest BCUT2D eigenvalue weighted by Gasteiger charge is 2.23. The third kappa shape index (κ3) is 2.97. The Morgan fingerprint density at radius 1 is 1.33 bits per heavy atom. The first kappa shape index (κ1) is 16.4. The molecule has 2 N–H and O–H groups in total. The number of rotatable bonds is 4. The zero-order valence-corrected chi connectivity index (χ0v) is 13.8. The zero-order valence-electron chi connectivity index (χ0n) is 13.8. The lowest BCUT2D eigenvalue weighted by Gasteiger charge is -2.16. The minimum atomic E-state index is -0.311. The van der Waals surface area contributed by atoms with E-state index in [1.165, 1.54) is 4.68 Å². The second kappa shape index (κ2) is 6.57. The summed E-state index contributed by atoms with van der Waals surface area (Å²) in [6, 6.07) is 6.75. The highest BCUT2D eigenvalue weighted by atomic mass is 16.3. The van der Waals surface area contributed by atoms with Gasteiger partial charge < -0.3 is 10.4 Å². The minimum absolute atomic E-state index is 0.0717. The van der Waals surface area contributed by atoms with Crippen LogP contribution in [0.4, 0.5) is 0 Å². The van der Waals surface area contributed by atoms with Crippen molar-refractivity contribution in [2.24, 2.45) is 5.92 Å². The van der Waals surface area contributed by atoms with Crippen LogP contribution in [0.1, 0.15) is 36.8 Å². The molecule has 0 aliphatic heterocycles. The normalized spacial score (nSPS) is 20.0. The van der Waals surface area contributed by atoms with Gasteiger partial charge in [0.05, 0.1) is 11.4 Å². The summed E-state index contributed by atoms with van der Waals surface area (Å²) in [4.78, 5) is 25.2. The molecule has 0 bridgehead atoms. The number of hydrogen-bond donors (Lipinski definition) is 2. The lowest BCUT2D eigenvalue weighted by Crippen LogP contribution is -2.36. The lowest BCUT2D eigenvalue weighted by molar-refractivity contribution is 0.0935. The smallest absolute Gasteiger partial charge is 0.274 e. The SMILES string of the molecule is CC(C)n1nc(C(=O)N[C@@H]2C=C[C@H](CO)C2)c2ccccc2c1=O. The summed E-state index contributed by atoms with van der Waals surface area (Å²) in [5.41, 5.74) is 0.0537. The van der Waals surface area contributed by atoms with Crippen LogP contribution in [0, 0.1) is 5.92 Å². The summed E-state index contributed by atoms with van der Waals surface area (Å²) in [6.45, 7) is 3.79. The van der Waals surface area contributed by atoms with E-state index < -0.39 is 0 Å². The Morgan fingerprint density at radius 2 is 2.04 bits per heavy atom. The van der Waals surface area contributed by atoms with Crippen LogP contribution in [0.3, 0.4) is 0 Å². The second-order valence-electron chi connectivity index (χ2n) is 6.38. The van der Waals surface area contributed by atoms with Crippen molar-refractivity contribution in [2.45, 2.75) is 32.4 Å². The van der Waals surface area contributed by atoms with Gasteiger partial charge in [0.25, 0.3) is 11.5 Å². The number of fused-ring (bicyclic) bond motifs is 1. The van der Waals surface area contributed by atoms with E-state index in [9.17, 15) is 14.7 Å². The molecule has 126 valence electrons. The average molecular weight is 327 g/mol. The Balaban J connectivity index is 1.99. The highest BCUT2D eigenvalue weighted by molar-refractivity contribution is 6.04. The third-order valence-electron chi connectivity index (χ3n) is 4.26. The molecule has 0 saturated carbocycles. The number of aliphatic hydroxyl groups excluding tert-OH is 1. The molecule has 0 radical (unpaired) electrons. The Kier molecular flexibility index (Phi) is 4.49. The van der Waals surface area contributed by atoms with E-state index >= 15 is 0 Å². The Bertz CT molecular complexity index is 854. The first-order valence-electron chi connectivity index (χ1n) is 8.13. The van der Waals surface area contributed by atoms with Crippen molar-refractivity contribution in [2.75, 3.05) is 6.61 Å². The van der Waals surface area contributed by atoms with E-state index in [0.717, 1.165) is 0 Å². The van der Waals surface area contributed by atoms with E-state index in [-0.39, 0.29) is 41.8 Å². The molecular formula is C18H21N3O3. The molecule has 0 fully saturated rings. The molecule has 1 aliphatic rings. The Morgan fingerprint density at radius 3 is 2.67 bits per heavy atom. The highest BCUT2D eigenvalue weighted by Crippen LogP contribution is 2.19. The number of carbonyl (C=O) groups excluding carboxylic acids is 1. The van der Waals surface area contributed by atoms with Gasteiger partial charge in [-0.2, -0.15) is 5.10 Å². The van der Waals surface area contributed by atoms with Gasteiger partial charge in [-0.3, -0.25) is 9.59 Å². The number of nitrogens with one attached hydrogen (secondary N) is 1. The maximum Gasteiger partial charge on any atom is 0.274 e. The second-order valence-corrected chi connectivity index (χ2v) is 6.38. The van der Waals surface area contributed by atoms with Crippen LogP contribution in [-0.2, 0) is 0 Å². The van der Waals surface area contributed by atoms with E-state index in [2.05, 4.69) is 10.4 Å². The van der Waals surface area contributed by atoms with Gasteiger partial charge in [-0.05, 0) is 26.3 Å². The molecule has 6 heteroatoms. The van der Waals surface area contributed by atoms with Gasteiger partial charge in [0.1, 0.15) is 0 Å². The molecule has 1 aromatic carbocycles. The first-order valence-corrected chi connectivity index (χ1v) is 8.13. The van der Waals surface area contributed by atoms with Crippen LogP contribution < -0.4 is 10.9 Å². The largest absolute Gasteiger partial charge is 0.396 e. The van der Waals surface area contributed by atoms with Crippen molar-refractivity contribution >= 4 is 16.7 Å². The maximum atomic E-state index is 12.7. The average Bonchev–Trinajstić information content (AvgIpc) is 3.02. The van der Waals surface area contributed by atoms with Gasteiger partial charge in [0, 0.05) is 24.0 Å². The molecule has 1 aliphatic carbocycles. The number of amides is 1. The van der Waals surface area contributed by atoms with Gasteiger partial charge in [-0.1, -0.05) is 30.4 Å². The molecule has 1 amide bonds. The topological polar surface area (TPSA) is 84.2 Å². The van der Waals surface area contributed by atoms with E-state index in [0.29, 0.717) is 17.2 Å². The van der Waals surface area contributed by atoms with Gasteiger partial charge in [0.15, 0.2) is 5.69 Å². The molecule has 1 heterocycles. The molecule has 0 unspecified atom stereocenters. The predicted octanol–water partition coefficient (Wildman–Crippen LogP) is 1.64. The standard InChI is InChI=1S/C18H21N3O3/c1-11(2)21-18(24)15-6-4-3-5-14(15)16(20-21)17(23)19-13-8-7-12(9-13)10-22/h3-8,11-13,22H,9-10H2,1-2H3,(H,19,23)/t12-,13+/m0/s1. The summed E-state index contributed by atoms with van der Waals surface area (Å²) in [5, 5.41) is 17.5. The molecule has 0 saturated heterocycles. The molecular weight excluding hydrogens is 306 g/mol. The molecule has 3 rings (SSSR count). The summed E-state index contributed by atoms with van der Waals surface area (Å²) in [7, 11) is 0. The van der Waals surface area contributed by atoms with Crippen molar-refractivity contribution < 1.29 is 9.90 Å². The van der Waals surface area contributed by atoms with Crippen molar-refractivity contribution in [3.8, 4) is 0 Å². The van der Waals surface area contributed by atoms with Gasteiger partial charge in [0.2, 0.25) is 0 Å². The monoisotopic (exact) mass is 327 g/mol. The van der Waals surface area contributed by atoms with Crippen LogP contribution in [-0.4, -0.2) is 33.4 Å².